The van der Waals surface area contributed by atoms with Gasteiger partial charge in [0.1, 0.15) is 0 Å². The van der Waals surface area contributed by atoms with E-state index in [-0.39, 0.29) is 17.2 Å². The fourth-order valence-corrected chi connectivity index (χ4v) is 4.21. The molecule has 2 aromatic carbocycles. The average Bonchev–Trinajstić information content (AvgIpc) is 3.05. The Kier molecular flexibility index (Phi) is 6.14. The highest BCUT2D eigenvalue weighted by Crippen LogP contribution is 2.29. The van der Waals surface area contributed by atoms with Crippen molar-refractivity contribution in [1.29, 1.82) is 0 Å². The summed E-state index contributed by atoms with van der Waals surface area (Å²) in [5.74, 6) is -0.372. The summed E-state index contributed by atoms with van der Waals surface area (Å²) in [7, 11) is 1.75. The zero-order valence-corrected chi connectivity index (χ0v) is 18.6. The maximum absolute atomic E-state index is 13.3. The molecule has 2 N–H and O–H groups in total. The largest absolute Gasteiger partial charge is 0.478 e. The maximum atomic E-state index is 13.3. The number of hydrogen-bond donors (Lipinski definition) is 2. The summed E-state index contributed by atoms with van der Waals surface area (Å²) in [6, 6.07) is 10.4. The van der Waals surface area contributed by atoms with Crippen LogP contribution >= 0.6 is 0 Å². The number of rotatable bonds is 5. The standard InChI is InChI=1S/C24H28N4O4/c1-15-13-18(16(2)25-20-8-5-4-7-17(20)23(30)31)21-19(14-15)22(29)27(3)24(26-21)28-9-6-11-32-12-10-28/h4-5,7-8,13-14,16,25H,6,9-12H2,1-3H3,(H,30,31)/t16-/m0/s1. The Balaban J connectivity index is 1.82. The summed E-state index contributed by atoms with van der Waals surface area (Å²) in [6.07, 6.45) is 0.874. The van der Waals surface area contributed by atoms with E-state index in [0.717, 1.165) is 24.1 Å². The summed E-state index contributed by atoms with van der Waals surface area (Å²) in [4.78, 5) is 31.9. The summed E-state index contributed by atoms with van der Waals surface area (Å²) < 4.78 is 7.17. The minimum absolute atomic E-state index is 0.0988. The van der Waals surface area contributed by atoms with E-state index in [0.29, 0.717) is 42.3 Å². The van der Waals surface area contributed by atoms with Crippen LogP contribution in [0.3, 0.4) is 0 Å². The Morgan fingerprint density at radius 1 is 1.22 bits per heavy atom. The van der Waals surface area contributed by atoms with Crippen LogP contribution in [-0.2, 0) is 11.8 Å². The fourth-order valence-electron chi connectivity index (χ4n) is 4.21. The summed E-state index contributed by atoms with van der Waals surface area (Å²) in [5, 5.41) is 13.4. The van der Waals surface area contributed by atoms with Crippen molar-refractivity contribution in [3.05, 3.63) is 63.4 Å². The van der Waals surface area contributed by atoms with Crippen LogP contribution in [-0.4, -0.2) is 46.9 Å². The Morgan fingerprint density at radius 3 is 2.78 bits per heavy atom. The second-order valence-corrected chi connectivity index (χ2v) is 8.20. The van der Waals surface area contributed by atoms with Gasteiger partial charge in [-0.3, -0.25) is 9.36 Å². The number of carbonyl (C=O) groups is 1. The molecule has 0 unspecified atom stereocenters. The van der Waals surface area contributed by atoms with E-state index in [1.807, 2.05) is 26.0 Å². The van der Waals surface area contributed by atoms with Crippen LogP contribution in [0.4, 0.5) is 11.6 Å². The summed E-state index contributed by atoms with van der Waals surface area (Å²) >= 11 is 0. The zero-order valence-electron chi connectivity index (χ0n) is 18.6. The normalized spacial score (nSPS) is 15.4. The van der Waals surface area contributed by atoms with Gasteiger partial charge in [-0.05, 0) is 44.0 Å². The molecule has 8 nitrogen and oxygen atoms in total. The van der Waals surface area contributed by atoms with Gasteiger partial charge in [-0.1, -0.05) is 18.2 Å². The second-order valence-electron chi connectivity index (χ2n) is 8.20. The molecule has 3 aromatic rings. The lowest BCUT2D eigenvalue weighted by Gasteiger charge is -2.25. The third-order valence-electron chi connectivity index (χ3n) is 5.83. The first-order valence-corrected chi connectivity index (χ1v) is 10.8. The average molecular weight is 437 g/mol. The minimum atomic E-state index is -0.993. The molecule has 1 atom stereocenters. The number of aryl methyl sites for hydroxylation is 1. The highest BCUT2D eigenvalue weighted by molar-refractivity contribution is 5.94. The lowest BCUT2D eigenvalue weighted by atomic mass is 10.0. The lowest BCUT2D eigenvalue weighted by molar-refractivity contribution is 0.0698. The molecule has 1 aromatic heterocycles. The van der Waals surface area contributed by atoms with Crippen molar-refractivity contribution in [3.8, 4) is 0 Å². The van der Waals surface area contributed by atoms with E-state index in [9.17, 15) is 14.7 Å². The van der Waals surface area contributed by atoms with Gasteiger partial charge < -0.3 is 20.1 Å². The number of carboxylic acids is 1. The number of hydrogen-bond acceptors (Lipinski definition) is 6. The van der Waals surface area contributed by atoms with Gasteiger partial charge in [0.2, 0.25) is 5.95 Å². The first-order chi connectivity index (χ1) is 15.4. The Bertz CT molecular complexity index is 1210. The summed E-state index contributed by atoms with van der Waals surface area (Å²) in [5.41, 5.74) is 3.05. The van der Waals surface area contributed by atoms with Crippen LogP contribution in [0.25, 0.3) is 10.9 Å². The van der Waals surface area contributed by atoms with E-state index < -0.39 is 5.97 Å². The van der Waals surface area contributed by atoms with Crippen molar-refractivity contribution in [1.82, 2.24) is 9.55 Å². The number of carboxylic acid groups (broad SMARTS) is 1. The van der Waals surface area contributed by atoms with E-state index >= 15 is 0 Å². The van der Waals surface area contributed by atoms with Gasteiger partial charge in [0.25, 0.3) is 5.56 Å². The molecule has 0 spiro atoms. The van der Waals surface area contributed by atoms with Gasteiger partial charge in [0.05, 0.1) is 29.1 Å². The van der Waals surface area contributed by atoms with Gasteiger partial charge in [-0.2, -0.15) is 0 Å². The molecule has 1 fully saturated rings. The van der Waals surface area contributed by atoms with Gasteiger partial charge in [0, 0.05) is 38.0 Å². The fraction of sp³-hybridized carbons (Fsp3) is 0.375. The Labute approximate surface area is 186 Å². The van der Waals surface area contributed by atoms with Crippen LogP contribution in [0, 0.1) is 6.92 Å². The van der Waals surface area contributed by atoms with Crippen molar-refractivity contribution >= 4 is 28.5 Å². The van der Waals surface area contributed by atoms with E-state index in [1.54, 1.807) is 35.9 Å². The number of para-hydroxylation sites is 1. The van der Waals surface area contributed by atoms with Crippen molar-refractivity contribution in [2.24, 2.45) is 7.05 Å². The molecule has 0 bridgehead atoms. The molecule has 0 radical (unpaired) electrons. The highest BCUT2D eigenvalue weighted by atomic mass is 16.5. The van der Waals surface area contributed by atoms with Crippen LogP contribution < -0.4 is 15.8 Å². The number of ether oxygens (including phenoxy) is 1. The molecule has 1 aliphatic rings. The minimum Gasteiger partial charge on any atom is -0.478 e. The number of fused-ring (bicyclic) bond motifs is 1. The van der Waals surface area contributed by atoms with E-state index in [2.05, 4.69) is 10.2 Å². The molecule has 8 heteroatoms. The first-order valence-electron chi connectivity index (χ1n) is 10.8. The van der Waals surface area contributed by atoms with Crippen molar-refractivity contribution in [3.63, 3.8) is 0 Å². The molecular formula is C24H28N4O4. The molecule has 0 saturated carbocycles. The van der Waals surface area contributed by atoms with Gasteiger partial charge in [-0.25, -0.2) is 9.78 Å². The number of nitrogens with zero attached hydrogens (tertiary/aromatic N) is 3. The zero-order chi connectivity index (χ0) is 22.8. The van der Waals surface area contributed by atoms with Gasteiger partial charge in [0.15, 0.2) is 0 Å². The lowest BCUT2D eigenvalue weighted by Crippen LogP contribution is -2.33. The second kappa shape index (κ2) is 9.00. The number of anilines is 2. The number of benzene rings is 2. The monoisotopic (exact) mass is 436 g/mol. The quantitative estimate of drug-likeness (QED) is 0.633. The third kappa shape index (κ3) is 4.18. The topological polar surface area (TPSA) is 96.7 Å². The molecule has 2 heterocycles. The highest BCUT2D eigenvalue weighted by Gasteiger charge is 2.21. The molecule has 168 valence electrons. The van der Waals surface area contributed by atoms with Crippen LogP contribution in [0.1, 0.15) is 40.9 Å². The number of nitrogens with one attached hydrogen (secondary N) is 1. The SMILES string of the molecule is Cc1cc([C@H](C)Nc2ccccc2C(=O)O)c2nc(N3CCCOCC3)n(C)c(=O)c2c1. The number of aromatic nitrogens is 2. The Hall–Kier alpha value is -3.39. The van der Waals surface area contributed by atoms with E-state index in [1.165, 1.54) is 0 Å². The van der Waals surface area contributed by atoms with Crippen LogP contribution in [0.5, 0.6) is 0 Å². The first kappa shape index (κ1) is 21.8. The van der Waals surface area contributed by atoms with Crippen molar-refractivity contribution in [2.45, 2.75) is 26.3 Å². The van der Waals surface area contributed by atoms with Gasteiger partial charge in [-0.15, -0.1) is 0 Å². The number of aromatic carboxylic acids is 1. The molecule has 32 heavy (non-hydrogen) atoms. The Morgan fingerprint density at radius 2 is 2.00 bits per heavy atom. The smallest absolute Gasteiger partial charge is 0.337 e. The molecule has 0 amide bonds. The predicted molar refractivity (Wildman–Crippen MR) is 125 cm³/mol. The molecule has 0 aliphatic carbocycles. The predicted octanol–water partition coefficient (Wildman–Crippen LogP) is 3.34. The maximum Gasteiger partial charge on any atom is 0.337 e. The molecule has 4 rings (SSSR count). The summed E-state index contributed by atoms with van der Waals surface area (Å²) in [6.45, 7) is 6.64. The third-order valence-corrected chi connectivity index (χ3v) is 5.83. The van der Waals surface area contributed by atoms with Crippen molar-refractivity contribution < 1.29 is 14.6 Å². The van der Waals surface area contributed by atoms with E-state index in [4.69, 9.17) is 9.72 Å². The van der Waals surface area contributed by atoms with Gasteiger partial charge >= 0.3 is 5.97 Å². The molecule has 1 aliphatic heterocycles. The molecular weight excluding hydrogens is 408 g/mol. The van der Waals surface area contributed by atoms with Crippen LogP contribution in [0.2, 0.25) is 0 Å². The molecule has 1 saturated heterocycles. The van der Waals surface area contributed by atoms with Crippen LogP contribution in [0.15, 0.2) is 41.2 Å². The van der Waals surface area contributed by atoms with Crippen molar-refractivity contribution in [2.75, 3.05) is 36.5 Å².